The zero-order valence-corrected chi connectivity index (χ0v) is 15.2. The van der Waals surface area contributed by atoms with Gasteiger partial charge in [0.15, 0.2) is 0 Å². The second-order valence-corrected chi connectivity index (χ2v) is 7.69. The third-order valence-corrected chi connectivity index (χ3v) is 5.11. The number of rotatable bonds is 4. The van der Waals surface area contributed by atoms with E-state index in [0.29, 0.717) is 11.0 Å². The highest BCUT2D eigenvalue weighted by Crippen LogP contribution is 2.22. The quantitative estimate of drug-likeness (QED) is 0.862. The number of carbonyl (C=O) groups excluding carboxylic acids is 1. The van der Waals surface area contributed by atoms with Crippen LogP contribution in [0, 0.1) is 6.92 Å². The number of nitrogens with two attached hydrogens (primary N) is 1. The second kappa shape index (κ2) is 6.82. The summed E-state index contributed by atoms with van der Waals surface area (Å²) in [6.45, 7) is 2.41. The molecule has 0 saturated heterocycles. The number of hydrogen-bond acceptors (Lipinski definition) is 3. The van der Waals surface area contributed by atoms with Gasteiger partial charge in [0.25, 0.3) is 5.91 Å². The number of aryl methyl sites for hydroxylation is 1. The molecule has 0 heterocycles. The lowest BCUT2D eigenvalue weighted by molar-refractivity contribution is 0.0784. The molecule has 0 fully saturated rings. The van der Waals surface area contributed by atoms with E-state index in [1.807, 2.05) is 31.2 Å². The van der Waals surface area contributed by atoms with Gasteiger partial charge in [-0.05, 0) is 52.2 Å². The Balaban J connectivity index is 2.31. The molecule has 2 N–H and O–H groups in total. The van der Waals surface area contributed by atoms with Gasteiger partial charge in [-0.25, -0.2) is 13.6 Å². The fourth-order valence-electron chi connectivity index (χ4n) is 2.17. The van der Waals surface area contributed by atoms with E-state index >= 15 is 0 Å². The molecule has 0 bridgehead atoms. The smallest absolute Gasteiger partial charge is 0.255 e. The van der Waals surface area contributed by atoms with Crippen LogP contribution in [0.4, 0.5) is 0 Å². The zero-order valence-electron chi connectivity index (χ0n) is 12.8. The predicted molar refractivity (Wildman–Crippen MR) is 92.5 cm³/mol. The molecular formula is C16H17BrN2O3S. The minimum absolute atomic E-state index is 0.0895. The molecule has 0 aliphatic carbocycles. The lowest BCUT2D eigenvalue weighted by Crippen LogP contribution is -2.27. The van der Waals surface area contributed by atoms with Gasteiger partial charge >= 0.3 is 0 Å². The Morgan fingerprint density at radius 2 is 1.87 bits per heavy atom. The number of amides is 1. The fraction of sp³-hybridized carbons (Fsp3) is 0.188. The van der Waals surface area contributed by atoms with Gasteiger partial charge in [-0.15, -0.1) is 0 Å². The SMILES string of the molecule is Cc1ccccc1CN(C)C(=O)c1cc(S(N)(=O)=O)ccc1Br. The number of halogens is 1. The van der Waals surface area contributed by atoms with E-state index in [0.717, 1.165) is 11.1 Å². The van der Waals surface area contributed by atoms with Crippen molar-refractivity contribution in [3.8, 4) is 0 Å². The first-order valence-corrected chi connectivity index (χ1v) is 9.16. The highest BCUT2D eigenvalue weighted by Gasteiger charge is 2.19. The maximum Gasteiger partial charge on any atom is 0.255 e. The van der Waals surface area contributed by atoms with Gasteiger partial charge in [-0.3, -0.25) is 4.79 Å². The normalized spacial score (nSPS) is 11.3. The molecule has 0 atom stereocenters. The fourth-order valence-corrected chi connectivity index (χ4v) is 3.12. The summed E-state index contributed by atoms with van der Waals surface area (Å²) in [4.78, 5) is 14.1. The Labute approximate surface area is 144 Å². The van der Waals surface area contributed by atoms with Gasteiger partial charge in [-0.2, -0.15) is 0 Å². The van der Waals surface area contributed by atoms with E-state index in [2.05, 4.69) is 15.9 Å². The summed E-state index contributed by atoms with van der Waals surface area (Å²) in [6.07, 6.45) is 0. The average molecular weight is 397 g/mol. The monoisotopic (exact) mass is 396 g/mol. The van der Waals surface area contributed by atoms with Gasteiger partial charge in [0.2, 0.25) is 10.0 Å². The van der Waals surface area contributed by atoms with Crippen molar-refractivity contribution in [2.75, 3.05) is 7.05 Å². The van der Waals surface area contributed by atoms with Crippen LogP contribution in [-0.2, 0) is 16.6 Å². The van der Waals surface area contributed by atoms with Crippen molar-refractivity contribution in [2.24, 2.45) is 5.14 Å². The predicted octanol–water partition coefficient (Wildman–Crippen LogP) is 2.68. The van der Waals surface area contributed by atoms with Gasteiger partial charge in [0, 0.05) is 18.1 Å². The second-order valence-electron chi connectivity index (χ2n) is 5.27. The van der Waals surface area contributed by atoms with Crippen LogP contribution < -0.4 is 5.14 Å². The van der Waals surface area contributed by atoms with Gasteiger partial charge in [0.05, 0.1) is 10.5 Å². The topological polar surface area (TPSA) is 80.5 Å². The maximum absolute atomic E-state index is 12.6. The molecule has 0 aliphatic heterocycles. The molecule has 0 unspecified atom stereocenters. The van der Waals surface area contributed by atoms with E-state index in [1.54, 1.807) is 7.05 Å². The van der Waals surface area contributed by atoms with E-state index in [9.17, 15) is 13.2 Å². The van der Waals surface area contributed by atoms with Gasteiger partial charge in [0.1, 0.15) is 0 Å². The highest BCUT2D eigenvalue weighted by atomic mass is 79.9. The summed E-state index contributed by atoms with van der Waals surface area (Å²) in [7, 11) is -2.19. The van der Waals surface area contributed by atoms with E-state index in [-0.39, 0.29) is 16.4 Å². The van der Waals surface area contributed by atoms with Crippen LogP contribution in [0.5, 0.6) is 0 Å². The molecule has 7 heteroatoms. The lowest BCUT2D eigenvalue weighted by atomic mass is 10.1. The van der Waals surface area contributed by atoms with Crippen LogP contribution in [0.2, 0.25) is 0 Å². The number of primary sulfonamides is 1. The van der Waals surface area contributed by atoms with Crippen LogP contribution in [-0.4, -0.2) is 26.3 Å². The largest absolute Gasteiger partial charge is 0.337 e. The van der Waals surface area contributed by atoms with Crippen molar-refractivity contribution < 1.29 is 13.2 Å². The Bertz CT molecular complexity index is 850. The van der Waals surface area contributed by atoms with Crippen LogP contribution in [0.25, 0.3) is 0 Å². The molecule has 23 heavy (non-hydrogen) atoms. The molecule has 5 nitrogen and oxygen atoms in total. The first-order chi connectivity index (χ1) is 10.7. The van der Waals surface area contributed by atoms with E-state index in [4.69, 9.17) is 5.14 Å². The Morgan fingerprint density at radius 1 is 1.22 bits per heavy atom. The Kier molecular flexibility index (Phi) is 5.23. The third-order valence-electron chi connectivity index (χ3n) is 3.51. The standard InChI is InChI=1S/C16H17BrN2O3S/c1-11-5-3-4-6-12(11)10-19(2)16(20)14-9-13(23(18,21)22)7-8-15(14)17/h3-9H,10H2,1-2H3,(H2,18,21,22). The molecule has 1 amide bonds. The number of hydrogen-bond donors (Lipinski definition) is 1. The Hall–Kier alpha value is -1.70. The van der Waals surface area contributed by atoms with Crippen LogP contribution in [0.15, 0.2) is 51.8 Å². The molecule has 0 saturated carbocycles. The van der Waals surface area contributed by atoms with Crippen molar-refractivity contribution in [3.63, 3.8) is 0 Å². The van der Waals surface area contributed by atoms with Crippen molar-refractivity contribution in [3.05, 3.63) is 63.6 Å². The van der Waals surface area contributed by atoms with Crippen molar-refractivity contribution in [2.45, 2.75) is 18.4 Å². The van der Waals surface area contributed by atoms with Gasteiger partial charge < -0.3 is 4.90 Å². The van der Waals surface area contributed by atoms with E-state index < -0.39 is 10.0 Å². The van der Waals surface area contributed by atoms with Crippen molar-refractivity contribution >= 4 is 31.9 Å². The number of benzene rings is 2. The summed E-state index contributed by atoms with van der Waals surface area (Å²) in [5, 5.41) is 5.13. The van der Waals surface area contributed by atoms with Crippen molar-refractivity contribution in [1.82, 2.24) is 4.90 Å². The summed E-state index contributed by atoms with van der Waals surface area (Å²) in [5.41, 5.74) is 2.37. The lowest BCUT2D eigenvalue weighted by Gasteiger charge is -2.19. The number of sulfonamides is 1. The minimum atomic E-state index is -3.86. The van der Waals surface area contributed by atoms with E-state index in [1.165, 1.54) is 23.1 Å². The molecular weight excluding hydrogens is 380 g/mol. The van der Waals surface area contributed by atoms with Crippen LogP contribution in [0.1, 0.15) is 21.5 Å². The van der Waals surface area contributed by atoms with Crippen molar-refractivity contribution in [1.29, 1.82) is 0 Å². The molecule has 2 aromatic carbocycles. The summed E-state index contributed by atoms with van der Waals surface area (Å²) >= 11 is 3.28. The first kappa shape index (κ1) is 17.7. The third kappa shape index (κ3) is 4.19. The first-order valence-electron chi connectivity index (χ1n) is 6.82. The molecule has 0 aromatic heterocycles. The molecule has 122 valence electrons. The molecule has 0 radical (unpaired) electrons. The maximum atomic E-state index is 12.6. The number of nitrogens with zero attached hydrogens (tertiary/aromatic N) is 1. The zero-order chi connectivity index (χ0) is 17.2. The Morgan fingerprint density at radius 3 is 2.48 bits per heavy atom. The summed E-state index contributed by atoms with van der Waals surface area (Å²) < 4.78 is 23.4. The minimum Gasteiger partial charge on any atom is -0.337 e. The summed E-state index contributed by atoms with van der Waals surface area (Å²) in [6, 6.07) is 11.9. The molecule has 0 spiro atoms. The average Bonchev–Trinajstić information content (AvgIpc) is 2.48. The van der Waals surface area contributed by atoms with Crippen LogP contribution in [0.3, 0.4) is 0 Å². The highest BCUT2D eigenvalue weighted by molar-refractivity contribution is 9.10. The van der Waals surface area contributed by atoms with Gasteiger partial charge in [-0.1, -0.05) is 24.3 Å². The molecule has 2 aromatic rings. The summed E-state index contributed by atoms with van der Waals surface area (Å²) in [5.74, 6) is -0.286. The molecule has 0 aliphatic rings. The number of carbonyl (C=O) groups is 1. The van der Waals surface area contributed by atoms with Crippen LogP contribution >= 0.6 is 15.9 Å². The molecule has 2 rings (SSSR count).